The molecule has 0 atom stereocenters. The quantitative estimate of drug-likeness (QED) is 0.898. The fourth-order valence-electron chi connectivity index (χ4n) is 2.31. The standard InChI is InChI=1S/C17H19ClN2O/c1-11-6-12(2)8-13(7-11)10-20-16-9-14(17(21)19-3)4-5-15(16)18/h4-9,20H,10H2,1-3H3,(H,19,21). The van der Waals surface area contributed by atoms with Gasteiger partial charge in [0.1, 0.15) is 0 Å². The van der Waals surface area contributed by atoms with E-state index >= 15 is 0 Å². The molecule has 0 aliphatic heterocycles. The summed E-state index contributed by atoms with van der Waals surface area (Å²) in [7, 11) is 1.61. The highest BCUT2D eigenvalue weighted by atomic mass is 35.5. The van der Waals surface area contributed by atoms with Crippen LogP contribution in [0.2, 0.25) is 5.02 Å². The molecule has 0 fully saturated rings. The van der Waals surface area contributed by atoms with Crippen LogP contribution in [0.25, 0.3) is 0 Å². The van der Waals surface area contributed by atoms with Crippen LogP contribution in [-0.2, 0) is 6.54 Å². The van der Waals surface area contributed by atoms with Crippen molar-refractivity contribution < 1.29 is 4.79 Å². The predicted molar refractivity (Wildman–Crippen MR) is 88.1 cm³/mol. The first-order valence-corrected chi connectivity index (χ1v) is 7.20. The smallest absolute Gasteiger partial charge is 0.251 e. The van der Waals surface area contributed by atoms with E-state index in [0.717, 1.165) is 5.69 Å². The molecule has 3 nitrogen and oxygen atoms in total. The van der Waals surface area contributed by atoms with E-state index in [0.29, 0.717) is 17.1 Å². The summed E-state index contributed by atoms with van der Waals surface area (Å²) in [6, 6.07) is 11.6. The van der Waals surface area contributed by atoms with Gasteiger partial charge >= 0.3 is 0 Å². The van der Waals surface area contributed by atoms with Gasteiger partial charge in [0.15, 0.2) is 0 Å². The van der Waals surface area contributed by atoms with Crippen LogP contribution >= 0.6 is 11.6 Å². The van der Waals surface area contributed by atoms with Crippen LogP contribution in [0.3, 0.4) is 0 Å². The van der Waals surface area contributed by atoms with Gasteiger partial charge in [-0.3, -0.25) is 4.79 Å². The monoisotopic (exact) mass is 302 g/mol. The molecular formula is C17H19ClN2O. The Morgan fingerprint density at radius 3 is 2.38 bits per heavy atom. The van der Waals surface area contributed by atoms with E-state index in [1.165, 1.54) is 16.7 Å². The summed E-state index contributed by atoms with van der Waals surface area (Å²) in [5.74, 6) is -0.124. The summed E-state index contributed by atoms with van der Waals surface area (Å²) in [4.78, 5) is 11.7. The Balaban J connectivity index is 2.17. The second-order valence-corrected chi connectivity index (χ2v) is 5.53. The van der Waals surface area contributed by atoms with E-state index in [9.17, 15) is 4.79 Å². The second-order valence-electron chi connectivity index (χ2n) is 5.12. The molecule has 0 aliphatic carbocycles. The number of halogens is 1. The number of rotatable bonds is 4. The van der Waals surface area contributed by atoms with Gasteiger partial charge in [-0.25, -0.2) is 0 Å². The van der Waals surface area contributed by atoms with Crippen LogP contribution in [0.4, 0.5) is 5.69 Å². The first-order chi connectivity index (χ1) is 9.99. The lowest BCUT2D eigenvalue weighted by atomic mass is 10.1. The number of anilines is 1. The molecule has 0 aromatic heterocycles. The Kier molecular flexibility index (Phi) is 4.86. The molecule has 21 heavy (non-hydrogen) atoms. The van der Waals surface area contributed by atoms with Crippen LogP contribution in [-0.4, -0.2) is 13.0 Å². The highest BCUT2D eigenvalue weighted by molar-refractivity contribution is 6.33. The van der Waals surface area contributed by atoms with Gasteiger partial charge in [-0.2, -0.15) is 0 Å². The van der Waals surface area contributed by atoms with E-state index in [1.807, 2.05) is 0 Å². The van der Waals surface area contributed by atoms with Gasteiger partial charge in [0.05, 0.1) is 10.7 Å². The second kappa shape index (κ2) is 6.64. The average Bonchev–Trinajstić information content (AvgIpc) is 2.44. The van der Waals surface area contributed by atoms with Gasteiger partial charge in [-0.05, 0) is 37.6 Å². The SMILES string of the molecule is CNC(=O)c1ccc(Cl)c(NCc2cc(C)cc(C)c2)c1. The van der Waals surface area contributed by atoms with Crippen molar-refractivity contribution in [1.82, 2.24) is 5.32 Å². The van der Waals surface area contributed by atoms with Crippen LogP contribution in [0.15, 0.2) is 36.4 Å². The van der Waals surface area contributed by atoms with E-state index in [4.69, 9.17) is 11.6 Å². The summed E-state index contributed by atoms with van der Waals surface area (Å²) in [5, 5.41) is 6.50. The van der Waals surface area contributed by atoms with Gasteiger partial charge in [0.25, 0.3) is 5.91 Å². The summed E-state index contributed by atoms with van der Waals surface area (Å²) >= 11 is 6.18. The van der Waals surface area contributed by atoms with Crippen LogP contribution < -0.4 is 10.6 Å². The van der Waals surface area contributed by atoms with Gasteiger partial charge in [-0.15, -0.1) is 0 Å². The summed E-state index contributed by atoms with van der Waals surface area (Å²) in [5.41, 5.74) is 5.00. The third kappa shape index (κ3) is 3.99. The van der Waals surface area contributed by atoms with Crippen molar-refractivity contribution in [1.29, 1.82) is 0 Å². The summed E-state index contributed by atoms with van der Waals surface area (Å²) < 4.78 is 0. The molecule has 0 bridgehead atoms. The van der Waals surface area contributed by atoms with Gasteiger partial charge in [0.2, 0.25) is 0 Å². The number of carbonyl (C=O) groups is 1. The number of hydrogen-bond donors (Lipinski definition) is 2. The first-order valence-electron chi connectivity index (χ1n) is 6.82. The highest BCUT2D eigenvalue weighted by Crippen LogP contribution is 2.24. The number of benzene rings is 2. The van der Waals surface area contributed by atoms with Crippen molar-refractivity contribution in [2.75, 3.05) is 12.4 Å². The molecule has 2 aromatic carbocycles. The zero-order valence-electron chi connectivity index (χ0n) is 12.5. The number of carbonyl (C=O) groups excluding carboxylic acids is 1. The zero-order valence-corrected chi connectivity index (χ0v) is 13.2. The minimum atomic E-state index is -0.124. The Bertz CT molecular complexity index is 648. The van der Waals surface area contributed by atoms with Crippen molar-refractivity contribution in [3.63, 3.8) is 0 Å². The molecule has 4 heteroatoms. The molecule has 0 aliphatic rings. The average molecular weight is 303 g/mol. The minimum absolute atomic E-state index is 0.124. The normalized spacial score (nSPS) is 10.3. The molecule has 0 spiro atoms. The largest absolute Gasteiger partial charge is 0.380 e. The molecule has 110 valence electrons. The Labute approximate surface area is 130 Å². The van der Waals surface area contributed by atoms with Crippen molar-refractivity contribution >= 4 is 23.2 Å². The summed E-state index contributed by atoms with van der Waals surface area (Å²) in [6.07, 6.45) is 0. The van der Waals surface area contributed by atoms with E-state index in [-0.39, 0.29) is 5.91 Å². The maximum atomic E-state index is 11.7. The maximum Gasteiger partial charge on any atom is 0.251 e. The topological polar surface area (TPSA) is 41.1 Å². The lowest BCUT2D eigenvalue weighted by Gasteiger charge is -2.11. The fraction of sp³-hybridized carbons (Fsp3) is 0.235. The highest BCUT2D eigenvalue weighted by Gasteiger charge is 2.07. The van der Waals surface area contributed by atoms with Crippen molar-refractivity contribution in [3.05, 3.63) is 63.7 Å². The molecule has 0 unspecified atom stereocenters. The molecule has 0 radical (unpaired) electrons. The molecule has 2 N–H and O–H groups in total. The first kappa shape index (κ1) is 15.4. The third-order valence-corrected chi connectivity index (χ3v) is 3.55. The van der Waals surface area contributed by atoms with E-state index in [1.54, 1.807) is 25.2 Å². The number of amides is 1. The summed E-state index contributed by atoms with van der Waals surface area (Å²) in [6.45, 7) is 4.82. The third-order valence-electron chi connectivity index (χ3n) is 3.22. The molecule has 1 amide bonds. The van der Waals surface area contributed by atoms with Crippen LogP contribution in [0, 0.1) is 13.8 Å². The maximum absolute atomic E-state index is 11.7. The molecule has 0 saturated heterocycles. The molecule has 0 saturated carbocycles. The Morgan fingerprint density at radius 1 is 1.10 bits per heavy atom. The number of aryl methyl sites for hydroxylation is 2. The molecule has 2 rings (SSSR count). The van der Waals surface area contributed by atoms with Crippen molar-refractivity contribution in [2.45, 2.75) is 20.4 Å². The van der Waals surface area contributed by atoms with Gasteiger partial charge in [-0.1, -0.05) is 40.9 Å². The molecule has 2 aromatic rings. The Morgan fingerprint density at radius 2 is 1.76 bits per heavy atom. The van der Waals surface area contributed by atoms with E-state index in [2.05, 4.69) is 42.7 Å². The van der Waals surface area contributed by atoms with Crippen LogP contribution in [0.1, 0.15) is 27.0 Å². The molecule has 0 heterocycles. The molecular weight excluding hydrogens is 284 g/mol. The van der Waals surface area contributed by atoms with Crippen molar-refractivity contribution in [3.8, 4) is 0 Å². The zero-order chi connectivity index (χ0) is 15.4. The number of hydrogen-bond acceptors (Lipinski definition) is 2. The van der Waals surface area contributed by atoms with Crippen LogP contribution in [0.5, 0.6) is 0 Å². The Hall–Kier alpha value is -2.00. The fourth-order valence-corrected chi connectivity index (χ4v) is 2.50. The van der Waals surface area contributed by atoms with Gasteiger partial charge in [0, 0.05) is 19.2 Å². The predicted octanol–water partition coefficient (Wildman–Crippen LogP) is 3.93. The van der Waals surface area contributed by atoms with Crippen molar-refractivity contribution in [2.24, 2.45) is 0 Å². The number of nitrogens with one attached hydrogen (secondary N) is 2. The van der Waals surface area contributed by atoms with E-state index < -0.39 is 0 Å². The van der Waals surface area contributed by atoms with Gasteiger partial charge < -0.3 is 10.6 Å². The lowest BCUT2D eigenvalue weighted by Crippen LogP contribution is -2.17. The minimum Gasteiger partial charge on any atom is -0.380 e. The lowest BCUT2D eigenvalue weighted by molar-refractivity contribution is 0.0963.